The molecule has 0 aliphatic carbocycles. The van der Waals surface area contributed by atoms with Crippen molar-refractivity contribution >= 4 is 11.7 Å². The molecule has 0 spiro atoms. The van der Waals surface area contributed by atoms with Crippen LogP contribution in [0.5, 0.6) is 23.0 Å². The van der Waals surface area contributed by atoms with Gasteiger partial charge in [-0.25, -0.2) is 4.79 Å². The summed E-state index contributed by atoms with van der Waals surface area (Å²) in [6, 6.07) is 20.1. The molecule has 0 fully saturated rings. The van der Waals surface area contributed by atoms with Gasteiger partial charge in [0.2, 0.25) is 5.88 Å². The summed E-state index contributed by atoms with van der Waals surface area (Å²) >= 11 is 0. The predicted octanol–water partition coefficient (Wildman–Crippen LogP) is 4.98. The van der Waals surface area contributed by atoms with Gasteiger partial charge in [0.05, 0.1) is 17.4 Å². The van der Waals surface area contributed by atoms with E-state index in [-0.39, 0.29) is 28.6 Å². The van der Waals surface area contributed by atoms with Gasteiger partial charge in [0.15, 0.2) is 12.4 Å². The topological polar surface area (TPSA) is 147 Å². The van der Waals surface area contributed by atoms with Crippen LogP contribution in [0.1, 0.15) is 36.8 Å². The van der Waals surface area contributed by atoms with Crippen LogP contribution in [0.2, 0.25) is 0 Å². The minimum Gasteiger partial charge on any atom is -0.494 e. The number of para-hydroxylation sites is 2. The molecule has 1 aliphatic rings. The molecule has 0 amide bonds. The lowest BCUT2D eigenvalue weighted by atomic mass is 9.83. The van der Waals surface area contributed by atoms with E-state index in [9.17, 15) is 20.2 Å². The van der Waals surface area contributed by atoms with Gasteiger partial charge in [-0.15, -0.1) is 0 Å². The van der Waals surface area contributed by atoms with Gasteiger partial charge in [0.1, 0.15) is 28.9 Å². The number of carbonyl (C=O) groups excluding carboxylic acids is 1. The number of hydrogen-bond acceptors (Lipinski definition) is 9. The number of benzene rings is 3. The van der Waals surface area contributed by atoms with Gasteiger partial charge < -0.3 is 24.7 Å². The highest BCUT2D eigenvalue weighted by molar-refractivity contribution is 5.74. The molecule has 0 saturated heterocycles. The Balaban J connectivity index is 1.53. The minimum atomic E-state index is -0.770. The number of fused-ring (bicyclic) bond motifs is 1. The van der Waals surface area contributed by atoms with Crippen molar-refractivity contribution in [2.75, 3.05) is 13.2 Å². The molecule has 0 radical (unpaired) electrons. The number of carbonyl (C=O) groups is 1. The van der Waals surface area contributed by atoms with E-state index in [0.29, 0.717) is 23.7 Å². The standard InChI is InChI=1S/C28H25N3O7/c1-2-3-13-35-19-8-6-7-18(14-19)27-21-12-11-20(15-25(21)38-28(30)22(27)16-29)37-26(32)17-36-24-10-5-4-9-23(24)31(33)34/h4-12,14-15,27H,2-3,13,17,30H2,1H3. The number of nitro groups is 1. The molecular formula is C28H25N3O7. The molecule has 38 heavy (non-hydrogen) atoms. The van der Waals surface area contributed by atoms with E-state index >= 15 is 0 Å². The highest BCUT2D eigenvalue weighted by Crippen LogP contribution is 2.44. The second-order valence-corrected chi connectivity index (χ2v) is 8.39. The highest BCUT2D eigenvalue weighted by atomic mass is 16.6. The maximum atomic E-state index is 12.4. The van der Waals surface area contributed by atoms with E-state index in [0.717, 1.165) is 18.4 Å². The van der Waals surface area contributed by atoms with Crippen molar-refractivity contribution in [3.05, 3.63) is 99.4 Å². The normalized spacial score (nSPS) is 14.1. The van der Waals surface area contributed by atoms with E-state index in [2.05, 4.69) is 13.0 Å². The molecule has 1 aliphatic heterocycles. The first kappa shape index (κ1) is 26.0. The number of allylic oxidation sites excluding steroid dienone is 1. The van der Waals surface area contributed by atoms with Crippen LogP contribution < -0.4 is 24.7 Å². The number of hydrogen-bond donors (Lipinski definition) is 1. The lowest BCUT2D eigenvalue weighted by Crippen LogP contribution is -2.22. The summed E-state index contributed by atoms with van der Waals surface area (Å²) in [4.78, 5) is 22.9. The molecule has 1 unspecified atom stereocenters. The van der Waals surface area contributed by atoms with Crippen LogP contribution in [0.15, 0.2) is 78.2 Å². The van der Waals surface area contributed by atoms with Crippen molar-refractivity contribution in [2.24, 2.45) is 5.73 Å². The number of unbranched alkanes of at least 4 members (excludes halogenated alkanes) is 1. The van der Waals surface area contributed by atoms with Gasteiger partial charge in [-0.1, -0.05) is 43.7 Å². The van der Waals surface area contributed by atoms with Crippen LogP contribution >= 0.6 is 0 Å². The first-order valence-electron chi connectivity index (χ1n) is 11.9. The lowest BCUT2D eigenvalue weighted by Gasteiger charge is -2.27. The predicted molar refractivity (Wildman–Crippen MR) is 137 cm³/mol. The second-order valence-electron chi connectivity index (χ2n) is 8.39. The minimum absolute atomic E-state index is 0.0473. The zero-order chi connectivity index (χ0) is 27.1. The average Bonchev–Trinajstić information content (AvgIpc) is 2.91. The van der Waals surface area contributed by atoms with E-state index in [1.807, 2.05) is 24.3 Å². The molecule has 3 aromatic carbocycles. The van der Waals surface area contributed by atoms with Crippen molar-refractivity contribution < 1.29 is 28.7 Å². The monoisotopic (exact) mass is 515 g/mol. The number of esters is 1. The van der Waals surface area contributed by atoms with E-state index in [1.54, 1.807) is 18.2 Å². The number of nitro benzene ring substituents is 1. The fraction of sp³-hybridized carbons (Fsp3) is 0.214. The summed E-state index contributed by atoms with van der Waals surface area (Å²) < 4.78 is 22.2. The van der Waals surface area contributed by atoms with Crippen LogP contribution in [0.4, 0.5) is 5.69 Å². The summed E-state index contributed by atoms with van der Waals surface area (Å²) in [5.41, 5.74) is 7.55. The van der Waals surface area contributed by atoms with Gasteiger partial charge in [-0.05, 0) is 36.2 Å². The Morgan fingerprint density at radius 1 is 1.11 bits per heavy atom. The molecule has 0 aromatic heterocycles. The van der Waals surface area contributed by atoms with Crippen molar-refractivity contribution in [3.63, 3.8) is 0 Å². The number of nitrogens with zero attached hydrogens (tertiary/aromatic N) is 2. The third-order valence-electron chi connectivity index (χ3n) is 5.79. The lowest BCUT2D eigenvalue weighted by molar-refractivity contribution is -0.385. The van der Waals surface area contributed by atoms with Crippen molar-refractivity contribution in [2.45, 2.75) is 25.7 Å². The smallest absolute Gasteiger partial charge is 0.349 e. The molecule has 3 aromatic rings. The molecule has 10 heteroatoms. The maximum Gasteiger partial charge on any atom is 0.349 e. The SMILES string of the molecule is CCCCOc1cccc(C2C(C#N)=C(N)Oc3cc(OC(=O)COc4ccccc4[N+](=O)[O-])ccc32)c1. The zero-order valence-corrected chi connectivity index (χ0v) is 20.6. The molecule has 10 nitrogen and oxygen atoms in total. The summed E-state index contributed by atoms with van der Waals surface area (Å²) in [5.74, 6) is -0.209. The molecule has 1 heterocycles. The van der Waals surface area contributed by atoms with Gasteiger partial charge in [-0.3, -0.25) is 10.1 Å². The summed E-state index contributed by atoms with van der Waals surface area (Å²) in [6.07, 6.45) is 1.94. The summed E-state index contributed by atoms with van der Waals surface area (Å²) in [7, 11) is 0. The van der Waals surface area contributed by atoms with E-state index in [4.69, 9.17) is 24.7 Å². The Morgan fingerprint density at radius 2 is 1.92 bits per heavy atom. The van der Waals surface area contributed by atoms with Crippen LogP contribution in [0.25, 0.3) is 0 Å². The Labute approximate surface area is 219 Å². The summed E-state index contributed by atoms with van der Waals surface area (Å²) in [5, 5.41) is 20.9. The van der Waals surface area contributed by atoms with Gasteiger partial charge in [-0.2, -0.15) is 5.26 Å². The first-order chi connectivity index (χ1) is 18.4. The van der Waals surface area contributed by atoms with Gasteiger partial charge in [0.25, 0.3) is 0 Å². The third-order valence-corrected chi connectivity index (χ3v) is 5.79. The first-order valence-corrected chi connectivity index (χ1v) is 11.9. The molecule has 2 N–H and O–H groups in total. The Morgan fingerprint density at radius 3 is 2.68 bits per heavy atom. The average molecular weight is 516 g/mol. The van der Waals surface area contributed by atoms with Gasteiger partial charge in [0, 0.05) is 17.7 Å². The third kappa shape index (κ3) is 5.84. The fourth-order valence-corrected chi connectivity index (χ4v) is 3.99. The van der Waals surface area contributed by atoms with Crippen molar-refractivity contribution in [1.29, 1.82) is 5.26 Å². The highest BCUT2D eigenvalue weighted by Gasteiger charge is 2.31. The molecule has 1 atom stereocenters. The van der Waals surface area contributed by atoms with Gasteiger partial charge >= 0.3 is 11.7 Å². The van der Waals surface area contributed by atoms with E-state index < -0.39 is 23.4 Å². The Hall–Kier alpha value is -5.04. The Bertz CT molecular complexity index is 1430. The van der Waals surface area contributed by atoms with Crippen LogP contribution in [-0.4, -0.2) is 24.1 Å². The maximum absolute atomic E-state index is 12.4. The molecular weight excluding hydrogens is 490 g/mol. The largest absolute Gasteiger partial charge is 0.494 e. The summed E-state index contributed by atoms with van der Waals surface area (Å²) in [6.45, 7) is 2.12. The quantitative estimate of drug-likeness (QED) is 0.130. The number of nitrogens with two attached hydrogens (primary N) is 1. The van der Waals surface area contributed by atoms with Crippen molar-refractivity contribution in [1.82, 2.24) is 0 Å². The molecule has 4 rings (SSSR count). The number of nitriles is 1. The van der Waals surface area contributed by atoms with E-state index in [1.165, 1.54) is 24.3 Å². The van der Waals surface area contributed by atoms with Crippen LogP contribution in [-0.2, 0) is 4.79 Å². The zero-order valence-electron chi connectivity index (χ0n) is 20.6. The number of rotatable bonds is 10. The molecule has 194 valence electrons. The number of ether oxygens (including phenoxy) is 4. The van der Waals surface area contributed by atoms with Crippen molar-refractivity contribution in [3.8, 4) is 29.1 Å². The van der Waals surface area contributed by atoms with Crippen LogP contribution in [0.3, 0.4) is 0 Å². The molecule has 0 bridgehead atoms. The Kier molecular flexibility index (Phi) is 8.08. The fourth-order valence-electron chi connectivity index (χ4n) is 3.99. The second kappa shape index (κ2) is 11.8. The van der Waals surface area contributed by atoms with Crippen LogP contribution in [0, 0.1) is 21.4 Å². The molecule has 0 saturated carbocycles.